The maximum atomic E-state index is 12.7. The molecule has 0 amide bonds. The third-order valence-electron chi connectivity index (χ3n) is 10.9. The number of ether oxygens (including phenoxy) is 3. The predicted molar refractivity (Wildman–Crippen MR) is 243 cm³/mol. The van der Waals surface area contributed by atoms with Gasteiger partial charge in [-0.2, -0.15) is 0 Å². The Balaban J connectivity index is 4.27. The third kappa shape index (κ3) is 44.8. The average molecular weight is 803 g/mol. The monoisotopic (exact) mass is 803 g/mol. The van der Waals surface area contributed by atoms with E-state index < -0.39 is 6.10 Å². The molecule has 0 saturated heterocycles. The highest BCUT2D eigenvalue weighted by molar-refractivity contribution is 5.71. The Morgan fingerprint density at radius 3 is 0.895 bits per heavy atom. The van der Waals surface area contributed by atoms with Gasteiger partial charge in [-0.1, -0.05) is 199 Å². The highest BCUT2D eigenvalue weighted by Crippen LogP contribution is 2.15. The standard InChI is InChI=1S/C51H94O6/c1-4-7-10-13-16-19-21-23-24-25-26-27-29-30-32-35-38-41-44-50(53)56-47-48(46-55-49(52)43-40-37-34-18-15-12-9-6-3)57-51(54)45-42-39-36-33-31-28-22-20-17-14-11-8-5-2/h20,22,24-25,48H,4-19,21,23,26-47H2,1-3H3/b22-20-,25-24-. The van der Waals surface area contributed by atoms with E-state index in [0.29, 0.717) is 19.3 Å². The molecule has 6 heteroatoms. The second kappa shape index (κ2) is 46.6. The van der Waals surface area contributed by atoms with Crippen molar-refractivity contribution in [1.82, 2.24) is 0 Å². The molecular weight excluding hydrogens is 709 g/mol. The molecule has 0 radical (unpaired) electrons. The number of hydrogen-bond acceptors (Lipinski definition) is 6. The number of carbonyl (C=O) groups excluding carboxylic acids is 3. The van der Waals surface area contributed by atoms with Crippen LogP contribution in [0.3, 0.4) is 0 Å². The van der Waals surface area contributed by atoms with E-state index in [1.54, 1.807) is 0 Å². The van der Waals surface area contributed by atoms with Crippen molar-refractivity contribution in [2.45, 2.75) is 271 Å². The van der Waals surface area contributed by atoms with Crippen molar-refractivity contribution in [1.29, 1.82) is 0 Å². The molecule has 0 rings (SSSR count). The quantitative estimate of drug-likeness (QED) is 0.0264. The van der Waals surface area contributed by atoms with Gasteiger partial charge in [0.2, 0.25) is 0 Å². The zero-order valence-corrected chi connectivity index (χ0v) is 38.1. The summed E-state index contributed by atoms with van der Waals surface area (Å²) >= 11 is 0. The summed E-state index contributed by atoms with van der Waals surface area (Å²) in [6.45, 7) is 6.59. The van der Waals surface area contributed by atoms with Gasteiger partial charge in [0.15, 0.2) is 6.10 Å². The summed E-state index contributed by atoms with van der Waals surface area (Å²) < 4.78 is 16.7. The lowest BCUT2D eigenvalue weighted by molar-refractivity contribution is -0.167. The summed E-state index contributed by atoms with van der Waals surface area (Å²) in [7, 11) is 0. The lowest BCUT2D eigenvalue weighted by Gasteiger charge is -2.18. The van der Waals surface area contributed by atoms with Crippen molar-refractivity contribution in [3.63, 3.8) is 0 Å². The molecule has 0 aliphatic rings. The highest BCUT2D eigenvalue weighted by Gasteiger charge is 2.19. The van der Waals surface area contributed by atoms with Crippen LogP contribution in [0.25, 0.3) is 0 Å². The summed E-state index contributed by atoms with van der Waals surface area (Å²) in [6.07, 6.45) is 51.7. The first-order valence-corrected chi connectivity index (χ1v) is 24.8. The largest absolute Gasteiger partial charge is 0.462 e. The Morgan fingerprint density at radius 2 is 0.579 bits per heavy atom. The Labute approximate surface area is 353 Å². The van der Waals surface area contributed by atoms with Gasteiger partial charge >= 0.3 is 17.9 Å². The molecule has 1 atom stereocenters. The van der Waals surface area contributed by atoms with Gasteiger partial charge in [0.1, 0.15) is 13.2 Å². The van der Waals surface area contributed by atoms with Crippen molar-refractivity contribution in [2.24, 2.45) is 0 Å². The molecule has 0 saturated carbocycles. The second-order valence-electron chi connectivity index (χ2n) is 16.7. The van der Waals surface area contributed by atoms with Crippen LogP contribution >= 0.6 is 0 Å². The van der Waals surface area contributed by atoms with Gasteiger partial charge in [-0.15, -0.1) is 0 Å². The lowest BCUT2D eigenvalue weighted by atomic mass is 10.1. The van der Waals surface area contributed by atoms with E-state index >= 15 is 0 Å². The fourth-order valence-electron chi connectivity index (χ4n) is 7.14. The summed E-state index contributed by atoms with van der Waals surface area (Å²) in [5, 5.41) is 0. The van der Waals surface area contributed by atoms with Crippen LogP contribution in [0.15, 0.2) is 24.3 Å². The van der Waals surface area contributed by atoms with Crippen LogP contribution in [0, 0.1) is 0 Å². The molecule has 0 bridgehead atoms. The van der Waals surface area contributed by atoms with E-state index in [1.165, 1.54) is 161 Å². The van der Waals surface area contributed by atoms with Gasteiger partial charge in [0.05, 0.1) is 0 Å². The smallest absolute Gasteiger partial charge is 0.306 e. The lowest BCUT2D eigenvalue weighted by Crippen LogP contribution is -2.30. The van der Waals surface area contributed by atoms with Gasteiger partial charge in [0, 0.05) is 19.3 Å². The number of unbranched alkanes of at least 4 members (excludes halogenated alkanes) is 30. The van der Waals surface area contributed by atoms with Crippen LogP contribution in [-0.2, 0) is 28.6 Å². The van der Waals surface area contributed by atoms with Gasteiger partial charge in [0.25, 0.3) is 0 Å². The first kappa shape index (κ1) is 54.9. The molecule has 0 aliphatic heterocycles. The minimum atomic E-state index is -0.770. The fraction of sp³-hybridized carbons (Fsp3) is 0.863. The van der Waals surface area contributed by atoms with Gasteiger partial charge < -0.3 is 14.2 Å². The summed E-state index contributed by atoms with van der Waals surface area (Å²) in [6, 6.07) is 0. The minimum Gasteiger partial charge on any atom is -0.462 e. The highest BCUT2D eigenvalue weighted by atomic mass is 16.6. The topological polar surface area (TPSA) is 78.9 Å². The summed E-state index contributed by atoms with van der Waals surface area (Å²) in [5.74, 6) is -0.883. The maximum absolute atomic E-state index is 12.7. The molecule has 0 aromatic heterocycles. The van der Waals surface area contributed by atoms with Crippen LogP contribution in [0.2, 0.25) is 0 Å². The van der Waals surface area contributed by atoms with E-state index in [-0.39, 0.29) is 31.1 Å². The molecular formula is C51H94O6. The summed E-state index contributed by atoms with van der Waals surface area (Å²) in [5.41, 5.74) is 0. The molecule has 57 heavy (non-hydrogen) atoms. The first-order chi connectivity index (χ1) is 28.0. The third-order valence-corrected chi connectivity index (χ3v) is 10.9. The van der Waals surface area contributed by atoms with Gasteiger partial charge in [-0.05, 0) is 70.6 Å². The Kier molecular flexibility index (Phi) is 44.9. The minimum absolute atomic E-state index is 0.0734. The van der Waals surface area contributed by atoms with Crippen LogP contribution in [0.1, 0.15) is 265 Å². The number of esters is 3. The number of allylic oxidation sites excluding steroid dienone is 4. The number of rotatable bonds is 45. The molecule has 0 fully saturated rings. The zero-order chi connectivity index (χ0) is 41.5. The van der Waals surface area contributed by atoms with Crippen LogP contribution in [0.5, 0.6) is 0 Å². The van der Waals surface area contributed by atoms with Crippen molar-refractivity contribution in [3.05, 3.63) is 24.3 Å². The molecule has 0 aromatic carbocycles. The number of hydrogen-bond donors (Lipinski definition) is 0. The molecule has 0 aliphatic carbocycles. The van der Waals surface area contributed by atoms with Gasteiger partial charge in [-0.3, -0.25) is 14.4 Å². The summed E-state index contributed by atoms with van der Waals surface area (Å²) in [4.78, 5) is 37.7. The Hall–Kier alpha value is -2.11. The predicted octanol–water partition coefficient (Wildman–Crippen LogP) is 16.0. The molecule has 0 N–H and O–H groups in total. The molecule has 0 spiro atoms. The Bertz CT molecular complexity index is 927. The zero-order valence-electron chi connectivity index (χ0n) is 38.1. The SMILES string of the molecule is CCCCCC/C=C\CCCCCCCC(=O)OC(COC(=O)CCCCCCCCCC)COC(=O)CCCCCCCCC/C=C\CCCCCCCCC. The van der Waals surface area contributed by atoms with E-state index in [2.05, 4.69) is 45.1 Å². The molecule has 0 heterocycles. The molecule has 6 nitrogen and oxygen atoms in total. The van der Waals surface area contributed by atoms with E-state index in [4.69, 9.17) is 14.2 Å². The van der Waals surface area contributed by atoms with Crippen molar-refractivity contribution in [3.8, 4) is 0 Å². The molecule has 334 valence electrons. The van der Waals surface area contributed by atoms with E-state index in [9.17, 15) is 14.4 Å². The number of carbonyl (C=O) groups is 3. The molecule has 0 aromatic rings. The van der Waals surface area contributed by atoms with E-state index in [0.717, 1.165) is 64.2 Å². The Morgan fingerprint density at radius 1 is 0.333 bits per heavy atom. The fourth-order valence-corrected chi connectivity index (χ4v) is 7.14. The van der Waals surface area contributed by atoms with Crippen LogP contribution in [0.4, 0.5) is 0 Å². The molecule has 1 unspecified atom stereocenters. The van der Waals surface area contributed by atoms with E-state index in [1.807, 2.05) is 0 Å². The van der Waals surface area contributed by atoms with Crippen LogP contribution < -0.4 is 0 Å². The van der Waals surface area contributed by atoms with Gasteiger partial charge in [-0.25, -0.2) is 0 Å². The first-order valence-electron chi connectivity index (χ1n) is 24.8. The van der Waals surface area contributed by atoms with Crippen LogP contribution in [-0.4, -0.2) is 37.2 Å². The maximum Gasteiger partial charge on any atom is 0.306 e. The van der Waals surface area contributed by atoms with Crippen molar-refractivity contribution < 1.29 is 28.6 Å². The second-order valence-corrected chi connectivity index (χ2v) is 16.7. The van der Waals surface area contributed by atoms with Crippen molar-refractivity contribution in [2.75, 3.05) is 13.2 Å². The average Bonchev–Trinajstić information content (AvgIpc) is 3.21. The normalized spacial score (nSPS) is 12.1. The van der Waals surface area contributed by atoms with Crippen molar-refractivity contribution >= 4 is 17.9 Å².